The molecule has 2 aromatic heterocycles. The van der Waals surface area contributed by atoms with Crippen LogP contribution in [-0.4, -0.2) is 34.4 Å². The highest BCUT2D eigenvalue weighted by atomic mass is 16.5. The number of hydrogen-bond acceptors (Lipinski definition) is 7. The Morgan fingerprint density at radius 3 is 2.73 bits per heavy atom. The number of benzene rings is 1. The van der Waals surface area contributed by atoms with Crippen molar-refractivity contribution in [2.45, 2.75) is 32.2 Å². The molecule has 2 N–H and O–H groups in total. The summed E-state index contributed by atoms with van der Waals surface area (Å²) in [5.41, 5.74) is 1.24. The number of oxazole rings is 1. The van der Waals surface area contributed by atoms with E-state index in [9.17, 15) is 4.79 Å². The summed E-state index contributed by atoms with van der Waals surface area (Å²) in [4.78, 5) is 21.2. The van der Waals surface area contributed by atoms with E-state index < -0.39 is 5.54 Å². The molecular formula is C17H19N5O4. The number of nitrogens with one attached hydrogen (secondary N) is 2. The molecule has 4 rings (SSSR count). The molecule has 3 heterocycles. The van der Waals surface area contributed by atoms with Crippen molar-refractivity contribution in [3.63, 3.8) is 0 Å². The first-order valence-electron chi connectivity index (χ1n) is 8.39. The molecule has 1 aliphatic rings. The number of ether oxygens (including phenoxy) is 1. The van der Waals surface area contributed by atoms with Gasteiger partial charge >= 0.3 is 6.03 Å². The molecule has 1 saturated heterocycles. The number of anilines is 1. The number of aryl methyl sites for hydroxylation is 2. The highest BCUT2D eigenvalue weighted by Gasteiger charge is 2.41. The van der Waals surface area contributed by atoms with Crippen LogP contribution >= 0.6 is 0 Å². The molecule has 0 saturated carbocycles. The van der Waals surface area contributed by atoms with E-state index in [2.05, 4.69) is 25.8 Å². The minimum atomic E-state index is -0.738. The smallest absolute Gasteiger partial charge is 0.320 e. The molecule has 136 valence electrons. The van der Waals surface area contributed by atoms with Crippen molar-refractivity contribution in [3.05, 3.63) is 35.8 Å². The van der Waals surface area contributed by atoms with Crippen molar-refractivity contribution >= 4 is 22.8 Å². The average Bonchev–Trinajstić information content (AvgIpc) is 3.20. The van der Waals surface area contributed by atoms with Crippen molar-refractivity contribution < 1.29 is 18.5 Å². The number of amides is 2. The predicted octanol–water partition coefficient (Wildman–Crippen LogP) is 2.66. The van der Waals surface area contributed by atoms with Crippen LogP contribution in [0, 0.1) is 13.8 Å². The second kappa shape index (κ2) is 6.41. The van der Waals surface area contributed by atoms with E-state index in [1.54, 1.807) is 32.0 Å². The molecule has 0 radical (unpaired) electrons. The number of rotatable bonds is 3. The molecule has 3 aromatic rings. The van der Waals surface area contributed by atoms with Gasteiger partial charge in [0.15, 0.2) is 17.3 Å². The first-order chi connectivity index (χ1) is 12.5. The quantitative estimate of drug-likeness (QED) is 0.740. The monoisotopic (exact) mass is 357 g/mol. The van der Waals surface area contributed by atoms with E-state index >= 15 is 0 Å². The zero-order valence-electron chi connectivity index (χ0n) is 14.5. The summed E-state index contributed by atoms with van der Waals surface area (Å²) in [6.45, 7) is 4.54. The minimum Gasteiger partial charge on any atom is -0.441 e. The Labute approximate surface area is 149 Å². The molecule has 0 bridgehead atoms. The van der Waals surface area contributed by atoms with Crippen molar-refractivity contribution in [1.29, 1.82) is 0 Å². The van der Waals surface area contributed by atoms with Crippen LogP contribution in [0.25, 0.3) is 11.1 Å². The molecule has 0 aliphatic carbocycles. The van der Waals surface area contributed by atoms with Crippen LogP contribution in [0.2, 0.25) is 0 Å². The van der Waals surface area contributed by atoms with Gasteiger partial charge in [-0.3, -0.25) is 0 Å². The topological polar surface area (TPSA) is 115 Å². The van der Waals surface area contributed by atoms with Gasteiger partial charge in [-0.25, -0.2) is 9.78 Å². The van der Waals surface area contributed by atoms with Crippen LogP contribution in [0.1, 0.15) is 30.4 Å². The Bertz CT molecular complexity index is 942. The van der Waals surface area contributed by atoms with Crippen molar-refractivity contribution in [2.24, 2.45) is 0 Å². The Kier molecular flexibility index (Phi) is 4.08. The van der Waals surface area contributed by atoms with Crippen LogP contribution in [0.5, 0.6) is 0 Å². The van der Waals surface area contributed by atoms with E-state index in [1.807, 2.05) is 0 Å². The molecule has 9 nitrogen and oxygen atoms in total. The van der Waals surface area contributed by atoms with Gasteiger partial charge in [0.05, 0.1) is 0 Å². The molecular weight excluding hydrogens is 338 g/mol. The first kappa shape index (κ1) is 16.5. The highest BCUT2D eigenvalue weighted by Crippen LogP contribution is 2.31. The molecule has 1 aromatic carbocycles. The van der Waals surface area contributed by atoms with E-state index in [0.29, 0.717) is 60.4 Å². The van der Waals surface area contributed by atoms with Crippen LogP contribution in [0.15, 0.2) is 27.1 Å². The number of carbonyl (C=O) groups is 1. The molecule has 0 spiro atoms. The van der Waals surface area contributed by atoms with E-state index in [0.717, 1.165) is 0 Å². The van der Waals surface area contributed by atoms with Crippen LogP contribution < -0.4 is 10.6 Å². The Hall–Kier alpha value is -2.94. The standard InChI is InChI=1S/C17H19N5O4/c1-10-18-15(26-22-10)17(5-7-24-8-6-17)21-16(23)20-12-3-4-14-13(9-12)19-11(2)25-14/h3-4,9H,5-8H2,1-2H3,(H2,20,21,23). The normalized spacial score (nSPS) is 16.5. The molecule has 0 atom stereocenters. The average molecular weight is 357 g/mol. The lowest BCUT2D eigenvalue weighted by Gasteiger charge is -2.34. The Morgan fingerprint density at radius 2 is 2.00 bits per heavy atom. The fourth-order valence-electron chi connectivity index (χ4n) is 3.10. The highest BCUT2D eigenvalue weighted by molar-refractivity contribution is 5.92. The third-order valence-corrected chi connectivity index (χ3v) is 4.39. The van der Waals surface area contributed by atoms with Crippen LogP contribution in [0.4, 0.5) is 10.5 Å². The minimum absolute atomic E-state index is 0.359. The van der Waals surface area contributed by atoms with Gasteiger partial charge in [-0.1, -0.05) is 5.16 Å². The molecule has 26 heavy (non-hydrogen) atoms. The van der Waals surface area contributed by atoms with Gasteiger partial charge in [-0.15, -0.1) is 0 Å². The second-order valence-corrected chi connectivity index (χ2v) is 6.34. The summed E-state index contributed by atoms with van der Waals surface area (Å²) in [5.74, 6) is 1.51. The summed E-state index contributed by atoms with van der Waals surface area (Å²) in [6.07, 6.45) is 1.12. The number of aromatic nitrogens is 3. The molecule has 1 aliphatic heterocycles. The fraction of sp³-hybridized carbons (Fsp3) is 0.412. The van der Waals surface area contributed by atoms with Crippen molar-refractivity contribution in [2.75, 3.05) is 18.5 Å². The van der Waals surface area contributed by atoms with Gasteiger partial charge in [0.1, 0.15) is 11.1 Å². The number of carbonyl (C=O) groups excluding carboxylic acids is 1. The maximum absolute atomic E-state index is 12.6. The largest absolute Gasteiger partial charge is 0.441 e. The number of hydrogen-bond donors (Lipinski definition) is 2. The number of urea groups is 1. The van der Waals surface area contributed by atoms with Crippen molar-refractivity contribution in [1.82, 2.24) is 20.4 Å². The van der Waals surface area contributed by atoms with Crippen molar-refractivity contribution in [3.8, 4) is 0 Å². The van der Waals surface area contributed by atoms with Gasteiger partial charge < -0.3 is 24.3 Å². The zero-order chi connectivity index (χ0) is 18.1. The van der Waals surface area contributed by atoms with Gasteiger partial charge in [0, 0.05) is 38.7 Å². The lowest BCUT2D eigenvalue weighted by atomic mass is 9.90. The predicted molar refractivity (Wildman–Crippen MR) is 91.7 cm³/mol. The van der Waals surface area contributed by atoms with Crippen LogP contribution in [0.3, 0.4) is 0 Å². The third-order valence-electron chi connectivity index (χ3n) is 4.39. The third kappa shape index (κ3) is 3.13. The van der Waals surface area contributed by atoms with E-state index in [4.69, 9.17) is 13.7 Å². The SMILES string of the molecule is Cc1noc(C2(NC(=O)Nc3ccc4oc(C)nc4c3)CCOCC2)n1. The van der Waals surface area contributed by atoms with Crippen LogP contribution in [-0.2, 0) is 10.3 Å². The number of nitrogens with zero attached hydrogens (tertiary/aromatic N) is 3. The lowest BCUT2D eigenvalue weighted by Crippen LogP contribution is -2.51. The van der Waals surface area contributed by atoms with Gasteiger partial charge in [0.2, 0.25) is 0 Å². The molecule has 9 heteroatoms. The molecule has 1 fully saturated rings. The summed E-state index contributed by atoms with van der Waals surface area (Å²) in [7, 11) is 0. The summed E-state index contributed by atoms with van der Waals surface area (Å²) in [5, 5.41) is 9.67. The van der Waals surface area contributed by atoms with Gasteiger partial charge in [-0.05, 0) is 25.1 Å². The molecule has 2 amide bonds. The summed E-state index contributed by atoms with van der Waals surface area (Å²) in [6, 6.07) is 4.94. The summed E-state index contributed by atoms with van der Waals surface area (Å²) >= 11 is 0. The van der Waals surface area contributed by atoms with Gasteiger partial charge in [0.25, 0.3) is 5.89 Å². The Morgan fingerprint density at radius 1 is 1.19 bits per heavy atom. The summed E-state index contributed by atoms with van der Waals surface area (Å²) < 4.78 is 16.2. The molecule has 0 unspecified atom stereocenters. The zero-order valence-corrected chi connectivity index (χ0v) is 14.5. The van der Waals surface area contributed by atoms with E-state index in [-0.39, 0.29) is 6.03 Å². The lowest BCUT2D eigenvalue weighted by molar-refractivity contribution is 0.0285. The van der Waals surface area contributed by atoms with Gasteiger partial charge in [-0.2, -0.15) is 4.98 Å². The second-order valence-electron chi connectivity index (χ2n) is 6.34. The number of fused-ring (bicyclic) bond motifs is 1. The first-order valence-corrected chi connectivity index (χ1v) is 8.39. The Balaban J connectivity index is 1.54. The fourth-order valence-corrected chi connectivity index (χ4v) is 3.10. The maximum Gasteiger partial charge on any atom is 0.320 e. The van der Waals surface area contributed by atoms with E-state index in [1.165, 1.54) is 0 Å². The maximum atomic E-state index is 12.6.